The van der Waals surface area contributed by atoms with Crippen molar-refractivity contribution in [3.8, 4) is 0 Å². The predicted octanol–water partition coefficient (Wildman–Crippen LogP) is 2.19. The van der Waals surface area contributed by atoms with E-state index >= 15 is 0 Å². The fraction of sp³-hybridized carbons (Fsp3) is 0. The van der Waals surface area contributed by atoms with Crippen LogP contribution >= 0.6 is 12.2 Å². The summed E-state index contributed by atoms with van der Waals surface area (Å²) in [6.07, 6.45) is 0. The van der Waals surface area contributed by atoms with E-state index in [4.69, 9.17) is 12.2 Å². The Labute approximate surface area is 133 Å². The van der Waals surface area contributed by atoms with Crippen LogP contribution in [-0.4, -0.2) is 19.8 Å². The normalized spacial score (nSPS) is 11.5. The molecule has 0 heterocycles. The van der Waals surface area contributed by atoms with Gasteiger partial charge in [-0.05, 0) is 71.8 Å². The number of thiocarbonyl (C=S) groups is 1. The molecule has 0 aliphatic rings. The Balaban J connectivity index is 1.96. The molecular weight excluding hydrogens is 327 g/mol. The van der Waals surface area contributed by atoms with Crippen LogP contribution in [0.4, 0.5) is 10.1 Å². The Bertz CT molecular complexity index is 718. The predicted molar refractivity (Wildman–Crippen MR) is 83.7 cm³/mol. The molecule has 2 rings (SSSR count). The zero-order chi connectivity index (χ0) is 16.1. The number of anilines is 1. The monoisotopic (exact) mass is 337 g/mol. The number of rotatable bonds is 3. The molecule has 2 aromatic carbocycles. The molecule has 0 aliphatic carbocycles. The summed E-state index contributed by atoms with van der Waals surface area (Å²) in [4.78, 5) is 12.0. The standard InChI is InChI=1S/C14H11FN2O3S2/c15-10-3-1-9(2-4-10)13(18)17-14(21)16-11-5-7-12(8-6-11)22(19)20/h1-8H,(H,19,20)(H2,16,17,18,21)/p-1. The zero-order valence-electron chi connectivity index (χ0n) is 11.0. The van der Waals surface area contributed by atoms with Crippen LogP contribution in [0.5, 0.6) is 0 Å². The summed E-state index contributed by atoms with van der Waals surface area (Å²) in [6, 6.07) is 10.9. The van der Waals surface area contributed by atoms with Gasteiger partial charge in [-0.1, -0.05) is 0 Å². The van der Waals surface area contributed by atoms with Crippen molar-refractivity contribution in [3.05, 3.63) is 59.9 Å². The number of amides is 1. The number of carbonyl (C=O) groups is 1. The lowest BCUT2D eigenvalue weighted by atomic mass is 10.2. The third kappa shape index (κ3) is 4.42. The fourth-order valence-corrected chi connectivity index (χ4v) is 2.16. The molecule has 0 saturated heterocycles. The highest BCUT2D eigenvalue weighted by Crippen LogP contribution is 2.11. The Morgan fingerprint density at radius 2 is 1.68 bits per heavy atom. The van der Waals surface area contributed by atoms with Crippen molar-refractivity contribution < 1.29 is 17.9 Å². The van der Waals surface area contributed by atoms with Gasteiger partial charge >= 0.3 is 0 Å². The van der Waals surface area contributed by atoms with E-state index in [9.17, 15) is 17.9 Å². The molecule has 1 unspecified atom stereocenters. The summed E-state index contributed by atoms with van der Waals surface area (Å²) in [5, 5.41) is 5.23. The smallest absolute Gasteiger partial charge is 0.257 e. The highest BCUT2D eigenvalue weighted by molar-refractivity contribution is 7.80. The molecule has 0 aromatic heterocycles. The SMILES string of the molecule is O=C(NC(=S)Nc1ccc(S(=O)[O-])cc1)c1ccc(F)cc1. The Hall–Kier alpha value is -2.16. The first kappa shape index (κ1) is 16.2. The van der Waals surface area contributed by atoms with Gasteiger partial charge in [0.25, 0.3) is 5.91 Å². The van der Waals surface area contributed by atoms with Gasteiger partial charge in [-0.25, -0.2) is 4.39 Å². The summed E-state index contributed by atoms with van der Waals surface area (Å²) >= 11 is 2.69. The van der Waals surface area contributed by atoms with Crippen LogP contribution in [0.15, 0.2) is 53.4 Å². The largest absolute Gasteiger partial charge is 0.768 e. The van der Waals surface area contributed by atoms with Crippen LogP contribution in [0, 0.1) is 5.82 Å². The lowest BCUT2D eigenvalue weighted by molar-refractivity contribution is 0.0977. The Morgan fingerprint density at radius 3 is 2.23 bits per heavy atom. The first-order chi connectivity index (χ1) is 10.5. The molecule has 2 N–H and O–H groups in total. The van der Waals surface area contributed by atoms with Crippen molar-refractivity contribution >= 4 is 40.0 Å². The maximum atomic E-state index is 12.8. The first-order valence-corrected chi connectivity index (χ1v) is 7.51. The highest BCUT2D eigenvalue weighted by atomic mass is 32.2. The van der Waals surface area contributed by atoms with Crippen LogP contribution in [-0.2, 0) is 11.1 Å². The summed E-state index contributed by atoms with van der Waals surface area (Å²) in [5.41, 5.74) is 0.793. The minimum atomic E-state index is -2.30. The van der Waals surface area contributed by atoms with Gasteiger partial charge in [0, 0.05) is 16.1 Å². The van der Waals surface area contributed by atoms with Gasteiger partial charge in [-0.3, -0.25) is 14.3 Å². The topological polar surface area (TPSA) is 81.3 Å². The molecule has 0 fully saturated rings. The third-order valence-corrected chi connectivity index (χ3v) is 3.50. The van der Waals surface area contributed by atoms with Crippen molar-refractivity contribution in [1.82, 2.24) is 5.32 Å². The summed E-state index contributed by atoms with van der Waals surface area (Å²) in [5.74, 6) is -0.914. The van der Waals surface area contributed by atoms with Crippen LogP contribution in [0.3, 0.4) is 0 Å². The lowest BCUT2D eigenvalue weighted by Gasteiger charge is -2.11. The molecule has 0 bridgehead atoms. The van der Waals surface area contributed by atoms with Crippen molar-refractivity contribution in [2.45, 2.75) is 4.90 Å². The molecule has 0 spiro atoms. The Morgan fingerprint density at radius 1 is 1.09 bits per heavy atom. The maximum Gasteiger partial charge on any atom is 0.257 e. The van der Waals surface area contributed by atoms with E-state index in [0.717, 1.165) is 0 Å². The van der Waals surface area contributed by atoms with E-state index in [0.29, 0.717) is 5.69 Å². The van der Waals surface area contributed by atoms with Gasteiger partial charge in [0.05, 0.1) is 0 Å². The van der Waals surface area contributed by atoms with Crippen molar-refractivity contribution in [2.24, 2.45) is 0 Å². The van der Waals surface area contributed by atoms with Crippen molar-refractivity contribution in [3.63, 3.8) is 0 Å². The minimum absolute atomic E-state index is 0.0466. The van der Waals surface area contributed by atoms with E-state index < -0.39 is 22.8 Å². The molecule has 0 saturated carbocycles. The number of hydrogen-bond acceptors (Lipinski definition) is 4. The van der Waals surface area contributed by atoms with Crippen LogP contribution in [0.25, 0.3) is 0 Å². The second-order valence-electron chi connectivity index (χ2n) is 4.17. The van der Waals surface area contributed by atoms with E-state index in [-0.39, 0.29) is 15.6 Å². The zero-order valence-corrected chi connectivity index (χ0v) is 12.7. The molecule has 5 nitrogen and oxygen atoms in total. The number of nitrogens with one attached hydrogen (secondary N) is 2. The number of hydrogen-bond donors (Lipinski definition) is 2. The molecule has 1 atom stereocenters. The molecule has 8 heteroatoms. The van der Waals surface area contributed by atoms with Gasteiger partial charge in [0.1, 0.15) is 5.82 Å². The second kappa shape index (κ2) is 7.21. The summed E-state index contributed by atoms with van der Waals surface area (Å²) in [6.45, 7) is 0. The van der Waals surface area contributed by atoms with Crippen LogP contribution < -0.4 is 10.6 Å². The lowest BCUT2D eigenvalue weighted by Crippen LogP contribution is -2.34. The Kier molecular flexibility index (Phi) is 5.31. The quantitative estimate of drug-likeness (QED) is 0.663. The fourth-order valence-electron chi connectivity index (χ4n) is 1.59. The highest BCUT2D eigenvalue weighted by Gasteiger charge is 2.08. The van der Waals surface area contributed by atoms with E-state index in [1.54, 1.807) is 0 Å². The van der Waals surface area contributed by atoms with Crippen molar-refractivity contribution in [1.29, 1.82) is 0 Å². The molecule has 0 radical (unpaired) electrons. The van der Waals surface area contributed by atoms with E-state index in [1.165, 1.54) is 48.5 Å². The third-order valence-electron chi connectivity index (χ3n) is 2.64. The molecule has 2 aromatic rings. The van der Waals surface area contributed by atoms with Gasteiger partial charge in [0.15, 0.2) is 5.11 Å². The minimum Gasteiger partial charge on any atom is -0.768 e. The van der Waals surface area contributed by atoms with Gasteiger partial charge in [-0.15, -0.1) is 0 Å². The first-order valence-electron chi connectivity index (χ1n) is 6.03. The molecule has 114 valence electrons. The average molecular weight is 337 g/mol. The second-order valence-corrected chi connectivity index (χ2v) is 5.52. The van der Waals surface area contributed by atoms with Crippen LogP contribution in [0.1, 0.15) is 10.4 Å². The summed E-state index contributed by atoms with van der Waals surface area (Å²) in [7, 11) is 0. The van der Waals surface area contributed by atoms with Gasteiger partial charge in [0.2, 0.25) is 0 Å². The molecular formula is C14H10FN2O3S2-. The number of halogens is 1. The van der Waals surface area contributed by atoms with E-state index in [1.807, 2.05) is 0 Å². The van der Waals surface area contributed by atoms with Crippen molar-refractivity contribution in [2.75, 3.05) is 5.32 Å². The maximum absolute atomic E-state index is 12.8. The van der Waals surface area contributed by atoms with Crippen LogP contribution in [0.2, 0.25) is 0 Å². The number of benzene rings is 2. The van der Waals surface area contributed by atoms with Gasteiger partial charge < -0.3 is 9.87 Å². The molecule has 1 amide bonds. The molecule has 22 heavy (non-hydrogen) atoms. The van der Waals surface area contributed by atoms with E-state index in [2.05, 4.69) is 10.6 Å². The number of carbonyl (C=O) groups excluding carboxylic acids is 1. The van der Waals surface area contributed by atoms with Gasteiger partial charge in [-0.2, -0.15) is 0 Å². The molecule has 0 aliphatic heterocycles. The average Bonchev–Trinajstić information content (AvgIpc) is 2.48. The summed E-state index contributed by atoms with van der Waals surface area (Å²) < 4.78 is 34.2.